The molecule has 0 fully saturated rings. The Bertz CT molecular complexity index is 874. The highest BCUT2D eigenvalue weighted by molar-refractivity contribution is 7.18. The highest BCUT2D eigenvalue weighted by atomic mass is 32.1. The molecule has 8 nitrogen and oxygen atoms in total. The molecule has 0 atom stereocenters. The van der Waals surface area contributed by atoms with Crippen molar-refractivity contribution in [2.75, 3.05) is 26.6 Å². The second-order valence-electron chi connectivity index (χ2n) is 5.14. The van der Waals surface area contributed by atoms with E-state index >= 15 is 0 Å². The third-order valence-electron chi connectivity index (χ3n) is 3.64. The molecule has 2 rings (SSSR count). The van der Waals surface area contributed by atoms with Crippen LogP contribution < -0.4 is 20.5 Å². The number of hydrogen-bond donors (Lipinski definition) is 2. The number of amides is 2. The van der Waals surface area contributed by atoms with Crippen molar-refractivity contribution in [2.45, 2.75) is 6.92 Å². The normalized spacial score (nSPS) is 10.2. The quantitative estimate of drug-likeness (QED) is 0.744. The van der Waals surface area contributed by atoms with E-state index in [0.29, 0.717) is 17.1 Å². The summed E-state index contributed by atoms with van der Waals surface area (Å²) in [6.07, 6.45) is 0. The zero-order valence-electron chi connectivity index (χ0n) is 14.7. The molecule has 0 bridgehead atoms. The van der Waals surface area contributed by atoms with Gasteiger partial charge in [-0.3, -0.25) is 9.59 Å². The van der Waals surface area contributed by atoms with Crippen LogP contribution in [0.25, 0.3) is 0 Å². The molecule has 1 aromatic heterocycles. The van der Waals surface area contributed by atoms with Gasteiger partial charge in [0.05, 0.1) is 26.9 Å². The van der Waals surface area contributed by atoms with E-state index in [1.165, 1.54) is 27.4 Å². The Labute approximate surface area is 153 Å². The number of carbonyl (C=O) groups excluding carboxylic acids is 3. The molecular weight excluding hydrogens is 360 g/mol. The van der Waals surface area contributed by atoms with Crippen molar-refractivity contribution in [1.29, 1.82) is 0 Å². The SMILES string of the molecule is COC(=O)c1sc(NC(=O)c2ccc(OC)c(OC)c2)c(C(N)=O)c1C. The molecule has 0 unspecified atom stereocenters. The van der Waals surface area contributed by atoms with Crippen LogP contribution in [0.5, 0.6) is 11.5 Å². The first-order valence-electron chi connectivity index (χ1n) is 7.38. The number of carbonyl (C=O) groups is 3. The van der Waals surface area contributed by atoms with Gasteiger partial charge in [0.15, 0.2) is 11.5 Å². The molecule has 0 aliphatic heterocycles. The standard InChI is InChI=1S/C17H18N2O6S/c1-8-12(14(18)20)16(26-13(8)17(22)25-4)19-15(21)9-5-6-10(23-2)11(7-9)24-3/h5-7H,1-4H3,(H2,18,20)(H,19,21). The monoisotopic (exact) mass is 378 g/mol. The van der Waals surface area contributed by atoms with Gasteiger partial charge in [-0.15, -0.1) is 11.3 Å². The molecule has 3 N–H and O–H groups in total. The van der Waals surface area contributed by atoms with Gasteiger partial charge in [-0.05, 0) is 30.7 Å². The van der Waals surface area contributed by atoms with E-state index in [2.05, 4.69) is 10.1 Å². The molecule has 0 spiro atoms. The number of benzene rings is 1. The molecule has 2 aromatic rings. The van der Waals surface area contributed by atoms with Crippen molar-refractivity contribution < 1.29 is 28.6 Å². The van der Waals surface area contributed by atoms with Gasteiger partial charge in [-0.2, -0.15) is 0 Å². The number of anilines is 1. The predicted molar refractivity (Wildman–Crippen MR) is 96.4 cm³/mol. The summed E-state index contributed by atoms with van der Waals surface area (Å²) >= 11 is 0.924. The minimum atomic E-state index is -0.753. The molecule has 1 aromatic carbocycles. The van der Waals surface area contributed by atoms with Crippen molar-refractivity contribution in [2.24, 2.45) is 5.73 Å². The molecule has 2 amide bonds. The topological polar surface area (TPSA) is 117 Å². The largest absolute Gasteiger partial charge is 0.493 e. The van der Waals surface area contributed by atoms with Crippen molar-refractivity contribution in [3.05, 3.63) is 39.8 Å². The van der Waals surface area contributed by atoms with E-state index in [4.69, 9.17) is 15.2 Å². The van der Waals surface area contributed by atoms with E-state index in [-0.39, 0.29) is 21.0 Å². The van der Waals surface area contributed by atoms with Gasteiger partial charge in [0.25, 0.3) is 11.8 Å². The zero-order valence-corrected chi connectivity index (χ0v) is 15.5. The number of nitrogens with two attached hydrogens (primary N) is 1. The summed E-state index contributed by atoms with van der Waals surface area (Å²) < 4.78 is 15.0. The van der Waals surface area contributed by atoms with Crippen LogP contribution in [0.2, 0.25) is 0 Å². The Morgan fingerprint density at radius 2 is 1.73 bits per heavy atom. The summed E-state index contributed by atoms with van der Waals surface area (Å²) in [5.41, 5.74) is 6.11. The average molecular weight is 378 g/mol. The minimum absolute atomic E-state index is 0.0734. The average Bonchev–Trinajstić information content (AvgIpc) is 2.96. The summed E-state index contributed by atoms with van der Waals surface area (Å²) in [5.74, 6) is -1.00. The predicted octanol–water partition coefficient (Wildman–Crippen LogP) is 2.21. The lowest BCUT2D eigenvalue weighted by Crippen LogP contribution is -2.17. The van der Waals surface area contributed by atoms with E-state index in [1.54, 1.807) is 19.1 Å². The zero-order chi connectivity index (χ0) is 19.4. The maximum absolute atomic E-state index is 12.5. The van der Waals surface area contributed by atoms with Crippen LogP contribution in [0.1, 0.15) is 36.0 Å². The van der Waals surface area contributed by atoms with Gasteiger partial charge in [0, 0.05) is 5.56 Å². The van der Waals surface area contributed by atoms with Crippen LogP contribution >= 0.6 is 11.3 Å². The maximum Gasteiger partial charge on any atom is 0.348 e. The van der Waals surface area contributed by atoms with E-state index in [1.807, 2.05) is 0 Å². The van der Waals surface area contributed by atoms with Crippen LogP contribution in [-0.2, 0) is 4.74 Å². The van der Waals surface area contributed by atoms with Gasteiger partial charge in [0.2, 0.25) is 0 Å². The number of ether oxygens (including phenoxy) is 3. The van der Waals surface area contributed by atoms with Crippen LogP contribution in [0, 0.1) is 6.92 Å². The van der Waals surface area contributed by atoms with E-state index < -0.39 is 17.8 Å². The van der Waals surface area contributed by atoms with Gasteiger partial charge in [0.1, 0.15) is 9.88 Å². The number of rotatable bonds is 6. The highest BCUT2D eigenvalue weighted by Crippen LogP contribution is 2.34. The number of primary amides is 1. The number of methoxy groups -OCH3 is 3. The van der Waals surface area contributed by atoms with E-state index in [9.17, 15) is 14.4 Å². The number of nitrogens with one attached hydrogen (secondary N) is 1. The smallest absolute Gasteiger partial charge is 0.348 e. The molecule has 138 valence electrons. The van der Waals surface area contributed by atoms with Crippen LogP contribution in [0.3, 0.4) is 0 Å². The fourth-order valence-electron chi connectivity index (χ4n) is 2.34. The minimum Gasteiger partial charge on any atom is -0.493 e. The molecule has 0 radical (unpaired) electrons. The fraction of sp³-hybridized carbons (Fsp3) is 0.235. The van der Waals surface area contributed by atoms with Crippen molar-refractivity contribution in [1.82, 2.24) is 0 Å². The summed E-state index contributed by atoms with van der Waals surface area (Å²) in [5, 5.41) is 2.79. The van der Waals surface area contributed by atoms with Crippen molar-refractivity contribution >= 4 is 34.1 Å². The Balaban J connectivity index is 2.40. The Hall–Kier alpha value is -3.07. The highest BCUT2D eigenvalue weighted by Gasteiger charge is 2.25. The summed E-state index contributed by atoms with van der Waals surface area (Å²) in [6, 6.07) is 4.63. The van der Waals surface area contributed by atoms with Gasteiger partial charge < -0.3 is 25.3 Å². The molecule has 0 saturated carbocycles. The number of thiophene rings is 1. The van der Waals surface area contributed by atoms with Gasteiger partial charge >= 0.3 is 5.97 Å². The Morgan fingerprint density at radius 1 is 1.08 bits per heavy atom. The lowest BCUT2D eigenvalue weighted by atomic mass is 10.1. The van der Waals surface area contributed by atoms with Crippen molar-refractivity contribution in [3.8, 4) is 11.5 Å². The molecule has 0 aliphatic rings. The van der Waals surface area contributed by atoms with Crippen LogP contribution in [-0.4, -0.2) is 39.1 Å². The first-order chi connectivity index (χ1) is 12.3. The maximum atomic E-state index is 12.5. The molecule has 26 heavy (non-hydrogen) atoms. The fourth-order valence-corrected chi connectivity index (χ4v) is 3.46. The molecule has 9 heteroatoms. The lowest BCUT2D eigenvalue weighted by molar-refractivity contribution is 0.0605. The Kier molecular flexibility index (Phi) is 5.83. The van der Waals surface area contributed by atoms with Crippen LogP contribution in [0.15, 0.2) is 18.2 Å². The van der Waals surface area contributed by atoms with Gasteiger partial charge in [-0.25, -0.2) is 4.79 Å². The summed E-state index contributed by atoms with van der Waals surface area (Å²) in [4.78, 5) is 36.3. The first-order valence-corrected chi connectivity index (χ1v) is 8.20. The molecule has 0 saturated heterocycles. The number of esters is 1. The second kappa shape index (κ2) is 7.87. The summed E-state index contributed by atoms with van der Waals surface area (Å²) in [7, 11) is 4.17. The number of hydrogen-bond acceptors (Lipinski definition) is 7. The molecule has 0 aliphatic carbocycles. The lowest BCUT2D eigenvalue weighted by Gasteiger charge is -2.10. The molecular formula is C17H18N2O6S. The third kappa shape index (κ3) is 3.62. The third-order valence-corrected chi connectivity index (χ3v) is 4.82. The second-order valence-corrected chi connectivity index (χ2v) is 6.16. The van der Waals surface area contributed by atoms with Crippen LogP contribution in [0.4, 0.5) is 5.00 Å². The van der Waals surface area contributed by atoms with Gasteiger partial charge in [-0.1, -0.05) is 0 Å². The first kappa shape index (κ1) is 19.3. The molecule has 1 heterocycles. The van der Waals surface area contributed by atoms with Crippen molar-refractivity contribution in [3.63, 3.8) is 0 Å². The Morgan fingerprint density at radius 3 is 2.27 bits per heavy atom. The van der Waals surface area contributed by atoms with E-state index in [0.717, 1.165) is 11.3 Å². The summed E-state index contributed by atoms with van der Waals surface area (Å²) in [6.45, 7) is 1.56.